The van der Waals surface area contributed by atoms with Crippen LogP contribution in [0.1, 0.15) is 25.0 Å². The molecule has 0 saturated heterocycles. The molecule has 208 valence electrons. The van der Waals surface area contributed by atoms with Gasteiger partial charge in [0.05, 0.1) is 22.0 Å². The minimum Gasteiger partial charge on any atom is -0.352 e. The molecule has 0 spiro atoms. The van der Waals surface area contributed by atoms with Crippen molar-refractivity contribution in [2.45, 2.75) is 38.9 Å². The molecule has 0 fully saturated rings. The average molecular weight is 595 g/mol. The maximum absolute atomic E-state index is 14.7. The smallest absolute Gasteiger partial charge is 0.244 e. The van der Waals surface area contributed by atoms with E-state index in [1.54, 1.807) is 19.9 Å². The molecule has 0 aliphatic heterocycles. The molecule has 3 rings (SSSR count). The Hall–Kier alpha value is -3.14. The van der Waals surface area contributed by atoms with Crippen LogP contribution in [0.5, 0.6) is 0 Å². The summed E-state index contributed by atoms with van der Waals surface area (Å²) >= 11 is 12.1. The van der Waals surface area contributed by atoms with Crippen molar-refractivity contribution in [2.24, 2.45) is 0 Å². The van der Waals surface area contributed by atoms with E-state index in [2.05, 4.69) is 5.32 Å². The molecule has 3 aromatic carbocycles. The Bertz CT molecular complexity index is 1420. The van der Waals surface area contributed by atoms with Gasteiger partial charge in [-0.15, -0.1) is 0 Å². The third kappa shape index (κ3) is 8.42. The van der Waals surface area contributed by atoms with E-state index in [0.29, 0.717) is 0 Å². The first-order chi connectivity index (χ1) is 18.4. The van der Waals surface area contributed by atoms with Crippen molar-refractivity contribution >= 4 is 50.7 Å². The largest absolute Gasteiger partial charge is 0.352 e. The lowest BCUT2D eigenvalue weighted by Gasteiger charge is -2.34. The van der Waals surface area contributed by atoms with E-state index in [1.165, 1.54) is 41.3 Å². The fourth-order valence-electron chi connectivity index (χ4n) is 4.00. The van der Waals surface area contributed by atoms with Crippen molar-refractivity contribution in [3.05, 3.63) is 99.8 Å². The van der Waals surface area contributed by atoms with Gasteiger partial charge in [0.25, 0.3) is 0 Å². The molecular formula is C28H30Cl2FN3O4S. The molecule has 0 aromatic heterocycles. The molecule has 0 aliphatic rings. The topological polar surface area (TPSA) is 86.8 Å². The van der Waals surface area contributed by atoms with Crippen molar-refractivity contribution in [1.29, 1.82) is 0 Å². The molecule has 11 heteroatoms. The summed E-state index contributed by atoms with van der Waals surface area (Å²) in [5.41, 5.74) is 1.08. The number of nitrogens with zero attached hydrogens (tertiary/aromatic N) is 2. The van der Waals surface area contributed by atoms with Crippen molar-refractivity contribution in [2.75, 3.05) is 17.1 Å². The summed E-state index contributed by atoms with van der Waals surface area (Å²) in [4.78, 5) is 28.6. The van der Waals surface area contributed by atoms with Crippen LogP contribution in [0.25, 0.3) is 0 Å². The van der Waals surface area contributed by atoms with Crippen molar-refractivity contribution in [1.82, 2.24) is 10.2 Å². The van der Waals surface area contributed by atoms with Crippen LogP contribution in [0.4, 0.5) is 10.1 Å². The highest BCUT2D eigenvalue weighted by Crippen LogP contribution is 2.29. The Balaban J connectivity index is 2.08. The normalized spacial score (nSPS) is 12.2. The average Bonchev–Trinajstić information content (AvgIpc) is 2.87. The molecule has 0 saturated carbocycles. The van der Waals surface area contributed by atoms with E-state index in [0.717, 1.165) is 16.1 Å². The van der Waals surface area contributed by atoms with Crippen molar-refractivity contribution < 1.29 is 22.4 Å². The summed E-state index contributed by atoms with van der Waals surface area (Å²) in [7, 11) is -3.97. The number of rotatable bonds is 11. The third-order valence-corrected chi connectivity index (χ3v) is 7.75. The van der Waals surface area contributed by atoms with Gasteiger partial charge in [0, 0.05) is 24.6 Å². The molecule has 0 aliphatic carbocycles. The van der Waals surface area contributed by atoms with E-state index in [9.17, 15) is 22.4 Å². The fraction of sp³-hybridized carbons (Fsp3) is 0.286. The second-order valence-electron chi connectivity index (χ2n) is 9.35. The van der Waals surface area contributed by atoms with Crippen LogP contribution >= 0.6 is 23.2 Å². The molecule has 0 radical (unpaired) electrons. The molecule has 1 atom stereocenters. The lowest BCUT2D eigenvalue weighted by atomic mass is 10.0. The first-order valence-electron chi connectivity index (χ1n) is 12.2. The van der Waals surface area contributed by atoms with E-state index >= 15 is 0 Å². The lowest BCUT2D eigenvalue weighted by molar-refractivity contribution is -0.140. The predicted octanol–water partition coefficient (Wildman–Crippen LogP) is 5.06. The summed E-state index contributed by atoms with van der Waals surface area (Å²) < 4.78 is 41.2. The number of carbonyl (C=O) groups excluding carboxylic acids is 2. The monoisotopic (exact) mass is 593 g/mol. The third-order valence-electron chi connectivity index (χ3n) is 5.87. The molecule has 2 amide bonds. The van der Waals surface area contributed by atoms with Gasteiger partial charge in [-0.3, -0.25) is 13.9 Å². The van der Waals surface area contributed by atoms with Crippen LogP contribution in [0, 0.1) is 5.82 Å². The van der Waals surface area contributed by atoms with Gasteiger partial charge in [0.1, 0.15) is 18.4 Å². The molecule has 3 aromatic rings. The SMILES string of the molecule is CC(C)NC(=O)[C@H](Cc1ccccc1)N(Cc1ccccc1F)C(=O)CN(c1ccc(Cl)c(Cl)c1)S(C)(=O)=O. The second-order valence-corrected chi connectivity index (χ2v) is 12.1. The molecule has 39 heavy (non-hydrogen) atoms. The zero-order chi connectivity index (χ0) is 28.7. The standard InChI is InChI=1S/C28H30Cl2FN3O4S/c1-19(2)32-28(36)26(15-20-9-5-4-6-10-20)33(17-21-11-7-8-12-25(21)31)27(35)18-34(39(3,37)38)22-13-14-23(29)24(30)16-22/h4-14,16,19,26H,15,17-18H2,1-3H3,(H,32,36)/t26-/m0/s1. The number of halogens is 3. The van der Waals surface area contributed by atoms with Crippen LogP contribution in [0.15, 0.2) is 72.8 Å². The van der Waals surface area contributed by atoms with Gasteiger partial charge >= 0.3 is 0 Å². The summed E-state index contributed by atoms with van der Waals surface area (Å²) in [6.45, 7) is 2.67. The zero-order valence-electron chi connectivity index (χ0n) is 21.8. The minimum atomic E-state index is -3.97. The predicted molar refractivity (Wildman–Crippen MR) is 153 cm³/mol. The van der Waals surface area contributed by atoms with E-state index in [-0.39, 0.29) is 40.3 Å². The highest BCUT2D eigenvalue weighted by atomic mass is 35.5. The van der Waals surface area contributed by atoms with E-state index < -0.39 is 40.2 Å². The number of benzene rings is 3. The van der Waals surface area contributed by atoms with Crippen molar-refractivity contribution in [3.63, 3.8) is 0 Å². The molecular weight excluding hydrogens is 564 g/mol. The van der Waals surface area contributed by atoms with Gasteiger partial charge < -0.3 is 10.2 Å². The Kier molecular flexibility index (Phi) is 10.4. The lowest BCUT2D eigenvalue weighted by Crippen LogP contribution is -2.54. The van der Waals surface area contributed by atoms with Gasteiger partial charge in [0.2, 0.25) is 21.8 Å². The summed E-state index contributed by atoms with van der Waals surface area (Å²) in [5.74, 6) is -1.70. The highest BCUT2D eigenvalue weighted by Gasteiger charge is 2.33. The number of hydrogen-bond acceptors (Lipinski definition) is 4. The number of carbonyl (C=O) groups is 2. The fourth-order valence-corrected chi connectivity index (χ4v) is 5.13. The van der Waals surface area contributed by atoms with Crippen LogP contribution in [-0.2, 0) is 32.6 Å². The molecule has 0 bridgehead atoms. The summed E-state index contributed by atoms with van der Waals surface area (Å²) in [5, 5.41) is 3.16. The number of sulfonamides is 1. The highest BCUT2D eigenvalue weighted by molar-refractivity contribution is 7.92. The van der Waals surface area contributed by atoms with Gasteiger partial charge in [0.15, 0.2) is 0 Å². The van der Waals surface area contributed by atoms with Crippen LogP contribution in [-0.4, -0.2) is 50.0 Å². The van der Waals surface area contributed by atoms with Gasteiger partial charge in [-0.05, 0) is 43.7 Å². The maximum atomic E-state index is 14.7. The Morgan fingerprint density at radius 3 is 2.18 bits per heavy atom. The minimum absolute atomic E-state index is 0.108. The Morgan fingerprint density at radius 2 is 1.59 bits per heavy atom. The number of nitrogens with one attached hydrogen (secondary N) is 1. The van der Waals surface area contributed by atoms with Gasteiger partial charge in [-0.25, -0.2) is 12.8 Å². The van der Waals surface area contributed by atoms with Crippen LogP contribution < -0.4 is 9.62 Å². The Morgan fingerprint density at radius 1 is 0.949 bits per heavy atom. The van der Waals surface area contributed by atoms with Gasteiger partial charge in [-0.2, -0.15) is 0 Å². The summed E-state index contributed by atoms with van der Waals surface area (Å²) in [6.07, 6.45) is 1.09. The second kappa shape index (κ2) is 13.3. The van der Waals surface area contributed by atoms with Crippen LogP contribution in [0.2, 0.25) is 10.0 Å². The van der Waals surface area contributed by atoms with Gasteiger partial charge in [-0.1, -0.05) is 71.7 Å². The molecule has 1 N–H and O–H groups in total. The molecule has 7 nitrogen and oxygen atoms in total. The van der Waals surface area contributed by atoms with E-state index in [4.69, 9.17) is 23.2 Å². The van der Waals surface area contributed by atoms with E-state index in [1.807, 2.05) is 30.3 Å². The zero-order valence-corrected chi connectivity index (χ0v) is 24.1. The number of amides is 2. The number of hydrogen-bond donors (Lipinski definition) is 1. The first-order valence-corrected chi connectivity index (χ1v) is 14.8. The first kappa shape index (κ1) is 30.4. The number of anilines is 1. The quantitative estimate of drug-likeness (QED) is 0.336. The maximum Gasteiger partial charge on any atom is 0.244 e. The Labute approximate surface area is 238 Å². The molecule has 0 unspecified atom stereocenters. The molecule has 0 heterocycles. The van der Waals surface area contributed by atoms with Crippen molar-refractivity contribution in [3.8, 4) is 0 Å². The van der Waals surface area contributed by atoms with Crippen LogP contribution in [0.3, 0.4) is 0 Å². The summed E-state index contributed by atoms with van der Waals surface area (Å²) in [6, 6.07) is 17.9.